The van der Waals surface area contributed by atoms with Gasteiger partial charge in [-0.05, 0) is 42.7 Å². The Labute approximate surface area is 133 Å². The normalized spacial score (nSPS) is 13.6. The number of ether oxygens (including phenoxy) is 1. The quantitative estimate of drug-likeness (QED) is 0.637. The van der Waals surface area contributed by atoms with Gasteiger partial charge in [0.25, 0.3) is 5.69 Å². The SMILES string of the molecule is CCOc1ccc2c(c1)CN(c1cc(F)ccc1[N+](=O)[O-])CC2. The maximum Gasteiger partial charge on any atom is 0.292 e. The Bertz CT molecular complexity index is 749. The number of fused-ring (bicyclic) bond motifs is 1. The Morgan fingerprint density at radius 3 is 2.83 bits per heavy atom. The van der Waals surface area contributed by atoms with E-state index in [9.17, 15) is 14.5 Å². The maximum atomic E-state index is 13.6. The Kier molecular flexibility index (Phi) is 4.14. The van der Waals surface area contributed by atoms with E-state index in [1.54, 1.807) is 0 Å². The van der Waals surface area contributed by atoms with E-state index >= 15 is 0 Å². The molecule has 0 amide bonds. The van der Waals surface area contributed by atoms with Gasteiger partial charge in [-0.2, -0.15) is 0 Å². The molecule has 120 valence electrons. The van der Waals surface area contributed by atoms with Gasteiger partial charge >= 0.3 is 0 Å². The molecular formula is C17H17FN2O3. The highest BCUT2D eigenvalue weighted by atomic mass is 19.1. The van der Waals surface area contributed by atoms with Crippen LogP contribution in [-0.4, -0.2) is 18.1 Å². The van der Waals surface area contributed by atoms with Crippen molar-refractivity contribution in [3.05, 3.63) is 63.5 Å². The monoisotopic (exact) mass is 316 g/mol. The van der Waals surface area contributed by atoms with Crippen molar-refractivity contribution in [2.24, 2.45) is 0 Å². The molecule has 1 aliphatic rings. The second-order valence-corrected chi connectivity index (χ2v) is 5.43. The third kappa shape index (κ3) is 3.11. The van der Waals surface area contributed by atoms with Crippen molar-refractivity contribution in [1.82, 2.24) is 0 Å². The molecule has 2 aromatic carbocycles. The van der Waals surface area contributed by atoms with Crippen LogP contribution < -0.4 is 9.64 Å². The molecule has 0 atom stereocenters. The minimum atomic E-state index is -0.473. The fourth-order valence-corrected chi connectivity index (χ4v) is 2.90. The van der Waals surface area contributed by atoms with Gasteiger partial charge in [-0.15, -0.1) is 0 Å². The van der Waals surface area contributed by atoms with Crippen molar-refractivity contribution >= 4 is 11.4 Å². The number of benzene rings is 2. The van der Waals surface area contributed by atoms with E-state index in [1.165, 1.54) is 17.7 Å². The highest BCUT2D eigenvalue weighted by Gasteiger charge is 2.24. The van der Waals surface area contributed by atoms with E-state index in [2.05, 4.69) is 0 Å². The van der Waals surface area contributed by atoms with Crippen molar-refractivity contribution < 1.29 is 14.1 Å². The average Bonchev–Trinajstić information content (AvgIpc) is 2.54. The summed E-state index contributed by atoms with van der Waals surface area (Å²) in [5, 5.41) is 11.2. The molecule has 5 nitrogen and oxygen atoms in total. The Morgan fingerprint density at radius 2 is 2.09 bits per heavy atom. The minimum absolute atomic E-state index is 0.0733. The summed E-state index contributed by atoms with van der Waals surface area (Å²) in [5.74, 6) is 0.307. The average molecular weight is 316 g/mol. The summed E-state index contributed by atoms with van der Waals surface area (Å²) in [6.45, 7) is 3.62. The van der Waals surface area contributed by atoms with Gasteiger partial charge < -0.3 is 9.64 Å². The molecule has 0 bridgehead atoms. The van der Waals surface area contributed by atoms with Crippen LogP contribution in [0.15, 0.2) is 36.4 Å². The van der Waals surface area contributed by atoms with Crippen molar-refractivity contribution in [1.29, 1.82) is 0 Å². The summed E-state index contributed by atoms with van der Waals surface area (Å²) in [4.78, 5) is 12.6. The maximum absolute atomic E-state index is 13.6. The van der Waals surface area contributed by atoms with Crippen LogP contribution in [0.25, 0.3) is 0 Å². The van der Waals surface area contributed by atoms with Gasteiger partial charge in [-0.1, -0.05) is 6.07 Å². The first-order chi connectivity index (χ1) is 11.1. The van der Waals surface area contributed by atoms with E-state index in [-0.39, 0.29) is 5.69 Å². The smallest absolute Gasteiger partial charge is 0.292 e. The standard InChI is InChI=1S/C17H17FN2O3/c1-2-23-15-5-3-12-7-8-19(11-13(12)9-15)17-10-14(18)4-6-16(17)20(21)22/h3-6,9-10H,2,7-8,11H2,1H3. The first kappa shape index (κ1) is 15.3. The number of rotatable bonds is 4. The predicted octanol–water partition coefficient (Wildman–Crippen LogP) is 3.70. The second-order valence-electron chi connectivity index (χ2n) is 5.43. The first-order valence-electron chi connectivity index (χ1n) is 7.52. The molecule has 0 aliphatic carbocycles. The summed E-state index contributed by atoms with van der Waals surface area (Å²) in [6, 6.07) is 9.48. The lowest BCUT2D eigenvalue weighted by Gasteiger charge is -2.30. The number of nitro groups is 1. The minimum Gasteiger partial charge on any atom is -0.494 e. The molecule has 0 fully saturated rings. The molecule has 0 saturated heterocycles. The zero-order chi connectivity index (χ0) is 16.4. The Morgan fingerprint density at radius 1 is 1.26 bits per heavy atom. The molecule has 0 N–H and O–H groups in total. The van der Waals surface area contributed by atoms with E-state index < -0.39 is 10.7 Å². The number of nitro benzene ring substituents is 1. The molecule has 1 heterocycles. The molecule has 6 heteroatoms. The Balaban J connectivity index is 1.94. The number of nitrogens with zero attached hydrogens (tertiary/aromatic N) is 2. The van der Waals surface area contributed by atoms with Gasteiger partial charge in [0.2, 0.25) is 0 Å². The predicted molar refractivity (Wildman–Crippen MR) is 85.4 cm³/mol. The highest BCUT2D eigenvalue weighted by Crippen LogP contribution is 2.33. The lowest BCUT2D eigenvalue weighted by Crippen LogP contribution is -2.31. The number of hydrogen-bond acceptors (Lipinski definition) is 4. The molecule has 0 saturated carbocycles. The van der Waals surface area contributed by atoms with Crippen LogP contribution in [0, 0.1) is 15.9 Å². The van der Waals surface area contributed by atoms with Crippen LogP contribution >= 0.6 is 0 Å². The van der Waals surface area contributed by atoms with E-state index in [4.69, 9.17) is 4.74 Å². The van der Waals surface area contributed by atoms with Crippen molar-refractivity contribution in [2.75, 3.05) is 18.1 Å². The molecule has 0 spiro atoms. The van der Waals surface area contributed by atoms with Crippen LogP contribution in [0.5, 0.6) is 5.75 Å². The van der Waals surface area contributed by atoms with Crippen molar-refractivity contribution in [3.63, 3.8) is 0 Å². The van der Waals surface area contributed by atoms with Crippen LogP contribution in [-0.2, 0) is 13.0 Å². The number of halogens is 1. The summed E-state index contributed by atoms with van der Waals surface area (Å²) < 4.78 is 19.1. The first-order valence-corrected chi connectivity index (χ1v) is 7.52. The largest absolute Gasteiger partial charge is 0.494 e. The summed E-state index contributed by atoms with van der Waals surface area (Å²) >= 11 is 0. The van der Waals surface area contributed by atoms with Gasteiger partial charge in [0.15, 0.2) is 0 Å². The molecule has 0 radical (unpaired) electrons. The zero-order valence-electron chi connectivity index (χ0n) is 12.8. The second kappa shape index (κ2) is 6.24. The van der Waals surface area contributed by atoms with Gasteiger partial charge in [0, 0.05) is 25.2 Å². The van der Waals surface area contributed by atoms with Crippen LogP contribution in [0.4, 0.5) is 15.8 Å². The van der Waals surface area contributed by atoms with E-state index in [0.29, 0.717) is 25.4 Å². The van der Waals surface area contributed by atoms with E-state index in [1.807, 2.05) is 30.0 Å². The summed E-state index contributed by atoms with van der Waals surface area (Å²) in [6.07, 6.45) is 0.759. The van der Waals surface area contributed by atoms with Gasteiger partial charge in [0.05, 0.1) is 11.5 Å². The number of hydrogen-bond donors (Lipinski definition) is 0. The molecule has 0 unspecified atom stereocenters. The highest BCUT2D eigenvalue weighted by molar-refractivity contribution is 5.64. The van der Waals surface area contributed by atoms with Gasteiger partial charge in [-0.25, -0.2) is 4.39 Å². The fraction of sp³-hybridized carbons (Fsp3) is 0.294. The topological polar surface area (TPSA) is 55.6 Å². The molecule has 1 aliphatic heterocycles. The number of anilines is 1. The van der Waals surface area contributed by atoms with Gasteiger partial charge in [0.1, 0.15) is 17.3 Å². The van der Waals surface area contributed by atoms with Crippen LogP contribution in [0.2, 0.25) is 0 Å². The fourth-order valence-electron chi connectivity index (χ4n) is 2.90. The third-order valence-electron chi connectivity index (χ3n) is 3.98. The van der Waals surface area contributed by atoms with E-state index in [0.717, 1.165) is 23.8 Å². The van der Waals surface area contributed by atoms with Crippen molar-refractivity contribution in [3.8, 4) is 5.75 Å². The molecule has 2 aromatic rings. The summed E-state index contributed by atoms with van der Waals surface area (Å²) in [5.41, 5.74) is 2.50. The van der Waals surface area contributed by atoms with Gasteiger partial charge in [-0.3, -0.25) is 10.1 Å². The lowest BCUT2D eigenvalue weighted by atomic mass is 9.98. The third-order valence-corrected chi connectivity index (χ3v) is 3.98. The summed E-state index contributed by atoms with van der Waals surface area (Å²) in [7, 11) is 0. The van der Waals surface area contributed by atoms with Crippen LogP contribution in [0.3, 0.4) is 0 Å². The molecule has 3 rings (SSSR count). The molecule has 23 heavy (non-hydrogen) atoms. The van der Waals surface area contributed by atoms with Crippen molar-refractivity contribution in [2.45, 2.75) is 19.9 Å². The lowest BCUT2D eigenvalue weighted by molar-refractivity contribution is -0.384. The Hall–Kier alpha value is -2.63. The molecule has 0 aromatic heterocycles. The van der Waals surface area contributed by atoms with Crippen LogP contribution in [0.1, 0.15) is 18.1 Å². The molecular weight excluding hydrogens is 299 g/mol. The zero-order valence-corrected chi connectivity index (χ0v) is 12.8.